The van der Waals surface area contributed by atoms with Crippen molar-refractivity contribution < 1.29 is 69.4 Å². The number of alkyl halides is 2. The Labute approximate surface area is 179 Å². The molecule has 2 heterocycles. The molecule has 6 N–H and O–H groups in total. The highest BCUT2D eigenvalue weighted by atomic mass is 32.1. The molecule has 0 spiro atoms. The lowest BCUT2D eigenvalue weighted by Gasteiger charge is -2.29. The second kappa shape index (κ2) is 9.46. The predicted molar refractivity (Wildman–Crippen MR) is 95.4 cm³/mol. The highest BCUT2D eigenvalue weighted by Crippen LogP contribution is 2.66. The Morgan fingerprint density at radius 1 is 1.22 bits per heavy atom. The number of phosphoric ester groups is 1. The second-order valence-corrected chi connectivity index (χ2v) is 10.9. The lowest BCUT2D eigenvalue weighted by atomic mass is 9.98. The fourth-order valence-electron chi connectivity index (χ4n) is 2.44. The minimum absolute atomic E-state index is 0.391. The maximum absolute atomic E-state index is 14.6. The summed E-state index contributed by atoms with van der Waals surface area (Å²) in [5.74, 6) is -1.45. The fourth-order valence-corrected chi connectivity index (χ4v) is 5.77. The number of halogens is 3. The third kappa shape index (κ3) is 6.42. The van der Waals surface area contributed by atoms with Crippen molar-refractivity contribution in [2.75, 3.05) is 13.3 Å². The minimum Gasteiger partial charge on any atom is -0.387 e. The number of aromatic nitrogens is 2. The van der Waals surface area contributed by atoms with Crippen LogP contribution < -0.4 is 5.56 Å². The van der Waals surface area contributed by atoms with E-state index >= 15 is 0 Å². The highest BCUT2D eigenvalue weighted by Gasteiger charge is 2.58. The van der Waals surface area contributed by atoms with E-state index in [1.54, 1.807) is 0 Å². The number of nitrogens with one attached hydrogen (secondary N) is 1. The Balaban J connectivity index is 2.25. The molecule has 15 nitrogen and oxygen atoms in total. The lowest BCUT2D eigenvalue weighted by molar-refractivity contribution is -0.135. The van der Waals surface area contributed by atoms with Crippen molar-refractivity contribution in [1.29, 1.82) is 0 Å². The van der Waals surface area contributed by atoms with Gasteiger partial charge in [-0.3, -0.25) is 18.9 Å². The fraction of sp³-hybridized carbons (Fsp3) is 0.600. The summed E-state index contributed by atoms with van der Waals surface area (Å²) in [7, 11) is -17.3. The molecule has 0 amide bonds. The summed E-state index contributed by atoms with van der Waals surface area (Å²) >= 11 is 4.71. The standard InChI is InChI=1S/C10H14F3N2O13P3S/c11-2-10(3-25-30(21,22)28-31(23,24)27-29(18,19)20)6(16)5(13)8(26-10)15-1-4(12)7(17)14-9(15)32/h1,5-6,8,16H,2-3H2,(H,21,22)(H,23,24)(H,14,17,32)(H2,18,19,20)/t5-,6?,8+,10+/m0/s1. The number of rotatable bonds is 9. The Morgan fingerprint density at radius 2 is 1.81 bits per heavy atom. The smallest absolute Gasteiger partial charge is 0.387 e. The average Bonchev–Trinajstić information content (AvgIpc) is 2.85. The Morgan fingerprint density at radius 3 is 2.34 bits per heavy atom. The van der Waals surface area contributed by atoms with Crippen molar-refractivity contribution in [3.05, 3.63) is 27.1 Å². The van der Waals surface area contributed by atoms with Gasteiger partial charge in [-0.05, 0) is 12.2 Å². The van der Waals surface area contributed by atoms with E-state index in [0.717, 1.165) is 0 Å². The van der Waals surface area contributed by atoms with Gasteiger partial charge in [0.1, 0.15) is 12.8 Å². The number of hydrogen-bond acceptors (Lipinski definition) is 10. The van der Waals surface area contributed by atoms with E-state index in [4.69, 9.17) is 31.6 Å². The first kappa shape index (κ1) is 27.5. The van der Waals surface area contributed by atoms with Crippen LogP contribution in [-0.4, -0.2) is 65.4 Å². The normalized spacial score (nSPS) is 30.1. The van der Waals surface area contributed by atoms with Crippen molar-refractivity contribution in [3.8, 4) is 0 Å². The van der Waals surface area contributed by atoms with E-state index < -0.39 is 77.0 Å². The molecule has 0 aliphatic carbocycles. The van der Waals surface area contributed by atoms with E-state index in [1.165, 1.54) is 0 Å². The summed E-state index contributed by atoms with van der Waals surface area (Å²) in [6.45, 7) is -3.34. The molecule has 1 aliphatic heterocycles. The van der Waals surface area contributed by atoms with Crippen LogP contribution >= 0.6 is 35.7 Å². The van der Waals surface area contributed by atoms with Crippen LogP contribution in [0.15, 0.2) is 11.0 Å². The van der Waals surface area contributed by atoms with Gasteiger partial charge in [-0.2, -0.15) is 13.0 Å². The van der Waals surface area contributed by atoms with Crippen molar-refractivity contribution in [2.45, 2.75) is 24.1 Å². The van der Waals surface area contributed by atoms with Crippen LogP contribution in [0.4, 0.5) is 13.2 Å². The van der Waals surface area contributed by atoms with Crippen molar-refractivity contribution >= 4 is 35.7 Å². The molecule has 3 unspecified atom stereocenters. The summed E-state index contributed by atoms with van der Waals surface area (Å²) in [4.78, 5) is 48.4. The van der Waals surface area contributed by atoms with E-state index in [0.29, 0.717) is 10.8 Å². The van der Waals surface area contributed by atoms with E-state index in [9.17, 15) is 41.7 Å². The molecule has 1 aromatic rings. The molecule has 0 saturated carbocycles. The van der Waals surface area contributed by atoms with Gasteiger partial charge in [-0.25, -0.2) is 22.5 Å². The number of H-pyrrole nitrogens is 1. The molecule has 1 aliphatic rings. The molecule has 6 atom stereocenters. The highest BCUT2D eigenvalue weighted by molar-refractivity contribution is 7.71. The van der Waals surface area contributed by atoms with Gasteiger partial charge in [0, 0.05) is 0 Å². The van der Waals surface area contributed by atoms with E-state index in [1.807, 2.05) is 4.98 Å². The van der Waals surface area contributed by atoms with Gasteiger partial charge in [-0.1, -0.05) is 0 Å². The monoisotopic (exact) mass is 552 g/mol. The van der Waals surface area contributed by atoms with Crippen molar-refractivity contribution in [3.63, 3.8) is 0 Å². The van der Waals surface area contributed by atoms with Gasteiger partial charge in [0.05, 0.1) is 12.8 Å². The number of aliphatic hydroxyl groups excluding tert-OH is 1. The van der Waals surface area contributed by atoms with Crippen LogP contribution in [0.2, 0.25) is 0 Å². The Kier molecular flexibility index (Phi) is 8.12. The second-order valence-electron chi connectivity index (χ2n) is 6.10. The molecule has 2 rings (SSSR count). The molecule has 1 saturated heterocycles. The van der Waals surface area contributed by atoms with Gasteiger partial charge in [0.2, 0.25) is 5.82 Å². The Hall–Kier alpha value is -0.780. The van der Waals surface area contributed by atoms with Crippen LogP contribution in [0.25, 0.3) is 0 Å². The molecule has 32 heavy (non-hydrogen) atoms. The van der Waals surface area contributed by atoms with Crippen molar-refractivity contribution in [1.82, 2.24) is 9.55 Å². The van der Waals surface area contributed by atoms with E-state index in [-0.39, 0.29) is 0 Å². The third-order valence-electron chi connectivity index (χ3n) is 3.78. The minimum atomic E-state index is -5.90. The zero-order valence-corrected chi connectivity index (χ0v) is 18.6. The molecule has 0 bridgehead atoms. The maximum atomic E-state index is 14.6. The summed E-state index contributed by atoms with van der Waals surface area (Å²) < 4.78 is 91.5. The number of hydrogen-bond donors (Lipinski definition) is 6. The number of ether oxygens (including phenoxy) is 1. The largest absolute Gasteiger partial charge is 0.490 e. The van der Waals surface area contributed by atoms with Gasteiger partial charge in [0.25, 0.3) is 5.56 Å². The first-order valence-electron chi connectivity index (χ1n) is 7.77. The summed E-state index contributed by atoms with van der Waals surface area (Å²) in [5, 5.41) is 10.1. The zero-order valence-electron chi connectivity index (χ0n) is 15.1. The lowest BCUT2D eigenvalue weighted by Crippen LogP contribution is -2.48. The first-order valence-corrected chi connectivity index (χ1v) is 12.7. The predicted octanol–water partition coefficient (Wildman–Crippen LogP) is 0.324. The average molecular weight is 552 g/mol. The van der Waals surface area contributed by atoms with Gasteiger partial charge < -0.3 is 29.4 Å². The van der Waals surface area contributed by atoms with Crippen molar-refractivity contribution in [2.24, 2.45) is 0 Å². The number of aromatic amines is 1. The number of aliphatic hydroxyl groups is 1. The molecular weight excluding hydrogens is 538 g/mol. The molecular formula is C10H14F3N2O13P3S. The van der Waals surface area contributed by atoms with Crippen LogP contribution in [0.1, 0.15) is 6.23 Å². The molecule has 184 valence electrons. The maximum Gasteiger partial charge on any atom is 0.490 e. The molecule has 0 radical (unpaired) electrons. The van der Waals surface area contributed by atoms with Crippen LogP contribution in [0, 0.1) is 10.6 Å². The topological polar surface area (TPSA) is 227 Å². The van der Waals surface area contributed by atoms with Gasteiger partial charge in [0.15, 0.2) is 22.8 Å². The Bertz CT molecular complexity index is 1130. The summed E-state index contributed by atoms with van der Waals surface area (Å²) in [6.07, 6.45) is -6.69. The number of nitrogens with zero attached hydrogens (tertiary/aromatic N) is 1. The zero-order chi connectivity index (χ0) is 24.7. The van der Waals surface area contributed by atoms with Gasteiger partial charge in [-0.15, -0.1) is 0 Å². The molecule has 22 heteroatoms. The third-order valence-corrected chi connectivity index (χ3v) is 7.88. The van der Waals surface area contributed by atoms with Crippen LogP contribution in [0.3, 0.4) is 0 Å². The quantitative estimate of drug-likeness (QED) is 0.179. The molecule has 1 fully saturated rings. The summed E-state index contributed by atoms with van der Waals surface area (Å²) in [5.41, 5.74) is -4.05. The summed E-state index contributed by atoms with van der Waals surface area (Å²) in [6, 6.07) is 0. The number of phosphoric acid groups is 3. The van der Waals surface area contributed by atoms with Crippen LogP contribution in [-0.2, 0) is 31.6 Å². The first-order chi connectivity index (χ1) is 14.4. The van der Waals surface area contributed by atoms with Crippen LogP contribution in [0.5, 0.6) is 0 Å². The molecule has 1 aromatic heterocycles. The van der Waals surface area contributed by atoms with E-state index in [2.05, 4.69) is 13.1 Å². The van der Waals surface area contributed by atoms with Gasteiger partial charge >= 0.3 is 23.5 Å². The SMILES string of the molecule is O=c1[nH]c(=S)n([C@@H]2O[C@](CF)(COP(=O)(O)OP(=O)(O)OP(=O)(O)O)C(O)[C@@H]2F)cc1F. The molecule has 0 aromatic carbocycles.